The molecule has 0 aliphatic heterocycles. The molecule has 130 valence electrons. The molecule has 1 atom stereocenters. The van der Waals surface area contributed by atoms with E-state index in [1.165, 1.54) is 4.57 Å². The van der Waals surface area contributed by atoms with Crippen LogP contribution >= 0.6 is 0 Å². The Morgan fingerprint density at radius 3 is 2.54 bits per heavy atom. The molecule has 3 aromatic rings. The maximum absolute atomic E-state index is 12.1. The number of hydrogen-bond acceptors (Lipinski definition) is 6. The maximum atomic E-state index is 12.1. The molecule has 2 N–H and O–H groups in total. The largest absolute Gasteiger partial charge is 0.373 e. The molecular weight excluding hydrogens is 332 g/mol. The van der Waals surface area contributed by atoms with Crippen LogP contribution < -0.4 is 27.1 Å². The van der Waals surface area contributed by atoms with Gasteiger partial charge in [-0.15, -0.1) is 0 Å². The molecule has 1 aromatic heterocycles. The van der Waals surface area contributed by atoms with Gasteiger partial charge in [-0.2, -0.15) is 5.26 Å². The van der Waals surface area contributed by atoms with Crippen LogP contribution in [-0.4, -0.2) is 4.57 Å². The number of hydrogen-bond donors (Lipinski definition) is 2. The van der Waals surface area contributed by atoms with Crippen LogP contribution in [0.5, 0.6) is 0 Å². The summed E-state index contributed by atoms with van der Waals surface area (Å²) >= 11 is 0. The van der Waals surface area contributed by atoms with Gasteiger partial charge in [0.2, 0.25) is 0 Å². The molecule has 0 radical (unpaired) electrons. The molecule has 3 rings (SSSR count). The second kappa shape index (κ2) is 6.69. The Bertz CT molecular complexity index is 1150. The molecule has 0 fully saturated rings. The van der Waals surface area contributed by atoms with Crippen LogP contribution in [0.1, 0.15) is 24.1 Å². The normalized spacial score (nSPS) is 11.7. The minimum Gasteiger partial charge on any atom is -0.373 e. The Morgan fingerprint density at radius 2 is 1.81 bits per heavy atom. The Hall–Kier alpha value is -3.66. The first-order chi connectivity index (χ1) is 12.4. The summed E-state index contributed by atoms with van der Waals surface area (Å²) in [7, 11) is 1.60. The van der Waals surface area contributed by atoms with Crippen LogP contribution in [0.3, 0.4) is 0 Å². The van der Waals surface area contributed by atoms with Crippen LogP contribution in [0, 0.1) is 11.3 Å². The number of pyridine rings is 1. The standard InChI is InChI=1S/C19H16N4O3/c1-11(13-6-3-5-12(9-13)10-20)21-15-16(18(25)17(15)24)22-14-7-4-8-23(2)19(14)26/h3-9,11,21-22H,1-2H3/t11-/m1/s1. The van der Waals surface area contributed by atoms with E-state index in [0.717, 1.165) is 5.56 Å². The first kappa shape index (κ1) is 17.2. The third-order valence-electron chi connectivity index (χ3n) is 4.17. The van der Waals surface area contributed by atoms with Gasteiger partial charge >= 0.3 is 0 Å². The van der Waals surface area contributed by atoms with E-state index in [4.69, 9.17) is 5.26 Å². The second-order valence-electron chi connectivity index (χ2n) is 5.97. The summed E-state index contributed by atoms with van der Waals surface area (Å²) in [6.07, 6.45) is 1.60. The maximum Gasteiger partial charge on any atom is 0.273 e. The van der Waals surface area contributed by atoms with Gasteiger partial charge in [0.25, 0.3) is 16.4 Å². The number of anilines is 3. The number of nitrogens with one attached hydrogen (secondary N) is 2. The third-order valence-corrected chi connectivity index (χ3v) is 4.17. The Labute approximate surface area is 148 Å². The summed E-state index contributed by atoms with van der Waals surface area (Å²) in [6, 6.07) is 11.9. The molecule has 26 heavy (non-hydrogen) atoms. The predicted molar refractivity (Wildman–Crippen MR) is 99.5 cm³/mol. The van der Waals surface area contributed by atoms with Gasteiger partial charge < -0.3 is 15.2 Å². The summed E-state index contributed by atoms with van der Waals surface area (Å²) in [5.74, 6) is 0. The highest BCUT2D eigenvalue weighted by Gasteiger charge is 2.23. The highest BCUT2D eigenvalue weighted by atomic mass is 16.2. The summed E-state index contributed by atoms with van der Waals surface area (Å²) < 4.78 is 1.37. The topological polar surface area (TPSA) is 104 Å². The van der Waals surface area contributed by atoms with E-state index >= 15 is 0 Å². The molecular formula is C19H16N4O3. The molecule has 2 aromatic carbocycles. The second-order valence-corrected chi connectivity index (χ2v) is 5.97. The first-order valence-corrected chi connectivity index (χ1v) is 7.95. The van der Waals surface area contributed by atoms with E-state index in [1.807, 2.05) is 13.0 Å². The van der Waals surface area contributed by atoms with E-state index in [0.29, 0.717) is 5.56 Å². The fourth-order valence-corrected chi connectivity index (χ4v) is 2.65. The van der Waals surface area contributed by atoms with Crippen molar-refractivity contribution in [2.75, 3.05) is 10.6 Å². The number of nitrogens with zero attached hydrogens (tertiary/aromatic N) is 2. The van der Waals surface area contributed by atoms with Gasteiger partial charge in [0.05, 0.1) is 11.6 Å². The summed E-state index contributed by atoms with van der Waals surface area (Å²) in [6.45, 7) is 1.82. The van der Waals surface area contributed by atoms with Gasteiger partial charge in [-0.05, 0) is 36.8 Å². The van der Waals surface area contributed by atoms with Gasteiger partial charge in [-0.25, -0.2) is 0 Å². The van der Waals surface area contributed by atoms with Gasteiger partial charge in [0.1, 0.15) is 17.1 Å². The van der Waals surface area contributed by atoms with Crippen molar-refractivity contribution in [3.05, 3.63) is 84.5 Å². The fourth-order valence-electron chi connectivity index (χ4n) is 2.65. The van der Waals surface area contributed by atoms with Gasteiger partial charge in [-0.1, -0.05) is 12.1 Å². The quantitative estimate of drug-likeness (QED) is 0.681. The molecule has 0 saturated heterocycles. The lowest BCUT2D eigenvalue weighted by molar-refractivity contribution is 0.862. The van der Waals surface area contributed by atoms with Crippen molar-refractivity contribution in [1.82, 2.24) is 4.57 Å². The van der Waals surface area contributed by atoms with Gasteiger partial charge in [0.15, 0.2) is 0 Å². The van der Waals surface area contributed by atoms with Crippen LogP contribution in [0.4, 0.5) is 17.1 Å². The zero-order valence-electron chi connectivity index (χ0n) is 14.2. The van der Waals surface area contributed by atoms with Crippen molar-refractivity contribution >= 4 is 17.1 Å². The fraction of sp³-hybridized carbons (Fsp3) is 0.158. The average Bonchev–Trinajstić information content (AvgIpc) is 2.67. The van der Waals surface area contributed by atoms with Crippen molar-refractivity contribution in [2.45, 2.75) is 13.0 Å². The van der Waals surface area contributed by atoms with Gasteiger partial charge in [0, 0.05) is 19.3 Å². The zero-order chi connectivity index (χ0) is 18.8. The van der Waals surface area contributed by atoms with E-state index in [2.05, 4.69) is 16.7 Å². The molecule has 0 aliphatic rings. The molecule has 7 nitrogen and oxygen atoms in total. The van der Waals surface area contributed by atoms with E-state index < -0.39 is 10.9 Å². The minimum absolute atomic E-state index is 0.0709. The third kappa shape index (κ3) is 3.00. The number of aryl methyl sites for hydroxylation is 1. The average molecular weight is 348 g/mol. The Morgan fingerprint density at radius 1 is 1.08 bits per heavy atom. The van der Waals surface area contributed by atoms with Crippen LogP contribution in [0.25, 0.3) is 0 Å². The number of benzene rings is 1. The van der Waals surface area contributed by atoms with Crippen molar-refractivity contribution in [3.63, 3.8) is 0 Å². The van der Waals surface area contributed by atoms with Crippen LogP contribution in [-0.2, 0) is 7.05 Å². The number of aromatic nitrogens is 1. The first-order valence-electron chi connectivity index (χ1n) is 7.95. The molecule has 0 spiro atoms. The van der Waals surface area contributed by atoms with Crippen LogP contribution in [0.2, 0.25) is 0 Å². The SMILES string of the molecule is C[C@@H](Nc1c(Nc2cccn(C)c2=O)c(=O)c1=O)c1cccc(C#N)c1. The lowest BCUT2D eigenvalue weighted by atomic mass is 10.0. The van der Waals surface area contributed by atoms with Crippen molar-refractivity contribution in [3.8, 4) is 6.07 Å². The van der Waals surface area contributed by atoms with Crippen LogP contribution in [0.15, 0.2) is 57.0 Å². The lowest BCUT2D eigenvalue weighted by Crippen LogP contribution is -2.38. The van der Waals surface area contributed by atoms with Crippen molar-refractivity contribution in [1.29, 1.82) is 5.26 Å². The van der Waals surface area contributed by atoms with Crippen molar-refractivity contribution < 1.29 is 0 Å². The van der Waals surface area contributed by atoms with Gasteiger partial charge in [-0.3, -0.25) is 14.4 Å². The summed E-state index contributed by atoms with van der Waals surface area (Å²) in [5.41, 5.74) is 0.119. The summed E-state index contributed by atoms with van der Waals surface area (Å²) in [5, 5.41) is 14.7. The molecule has 0 aliphatic carbocycles. The van der Waals surface area contributed by atoms with E-state index in [-0.39, 0.29) is 28.7 Å². The Kier molecular flexibility index (Phi) is 4.42. The van der Waals surface area contributed by atoms with E-state index in [9.17, 15) is 14.4 Å². The Balaban J connectivity index is 1.88. The molecule has 1 heterocycles. The molecule has 0 bridgehead atoms. The number of nitriles is 1. The lowest BCUT2D eigenvalue weighted by Gasteiger charge is -2.20. The molecule has 0 amide bonds. The predicted octanol–water partition coefficient (Wildman–Crippen LogP) is 1.77. The van der Waals surface area contributed by atoms with E-state index in [1.54, 1.807) is 43.6 Å². The minimum atomic E-state index is -0.670. The molecule has 7 heteroatoms. The van der Waals surface area contributed by atoms with Crippen molar-refractivity contribution in [2.24, 2.45) is 7.05 Å². The highest BCUT2D eigenvalue weighted by Crippen LogP contribution is 2.24. The monoisotopic (exact) mass is 348 g/mol. The highest BCUT2D eigenvalue weighted by molar-refractivity contribution is 5.78. The summed E-state index contributed by atoms with van der Waals surface area (Å²) in [4.78, 5) is 36.0. The number of rotatable bonds is 5. The smallest absolute Gasteiger partial charge is 0.273 e. The molecule has 0 saturated carbocycles. The molecule has 0 unspecified atom stereocenters. The zero-order valence-corrected chi connectivity index (χ0v) is 14.2.